The highest BCUT2D eigenvalue weighted by molar-refractivity contribution is 7.80. The van der Waals surface area contributed by atoms with Crippen molar-refractivity contribution < 1.29 is 0 Å². The molecule has 0 aromatic heterocycles. The van der Waals surface area contributed by atoms with Crippen LogP contribution in [0.2, 0.25) is 0 Å². The van der Waals surface area contributed by atoms with Gasteiger partial charge in [0.1, 0.15) is 0 Å². The van der Waals surface area contributed by atoms with E-state index in [-0.39, 0.29) is 0 Å². The summed E-state index contributed by atoms with van der Waals surface area (Å²) >= 11 is 4.81. The van der Waals surface area contributed by atoms with Gasteiger partial charge in [0.05, 0.1) is 4.99 Å². The molecule has 2 heteroatoms. The van der Waals surface area contributed by atoms with Gasteiger partial charge in [-0.1, -0.05) is 26.1 Å². The lowest BCUT2D eigenvalue weighted by molar-refractivity contribution is 0.913. The topological polar surface area (TPSA) is 12.0 Å². The Balaban J connectivity index is 0.000000222. The first-order valence-electron chi connectivity index (χ1n) is 3.16. The maximum Gasteiger partial charge on any atom is 0.0754 e. The van der Waals surface area contributed by atoms with Crippen molar-refractivity contribution in [3.63, 3.8) is 0 Å². The third-order valence-corrected chi connectivity index (χ3v) is 1.25. The molecule has 0 bridgehead atoms. The van der Waals surface area contributed by atoms with E-state index < -0.39 is 0 Å². The lowest BCUT2D eigenvalue weighted by Crippen LogP contribution is -2.10. The zero-order valence-electron chi connectivity index (χ0n) is 5.53. The first kappa shape index (κ1) is 7.89. The van der Waals surface area contributed by atoms with Crippen molar-refractivity contribution >= 4 is 17.2 Å². The van der Waals surface area contributed by atoms with E-state index in [1.54, 1.807) is 0 Å². The molecule has 1 aliphatic heterocycles. The molecule has 0 spiro atoms. The molecule has 1 rings (SSSR count). The Kier molecular flexibility index (Phi) is 4.97. The minimum atomic E-state index is 1.04. The summed E-state index contributed by atoms with van der Waals surface area (Å²) in [6, 6.07) is 0. The zero-order valence-corrected chi connectivity index (χ0v) is 6.35. The van der Waals surface area contributed by atoms with E-state index in [4.69, 9.17) is 12.2 Å². The largest absolute Gasteiger partial charge is 0.380 e. The third-order valence-electron chi connectivity index (χ3n) is 0.903. The smallest absolute Gasteiger partial charge is 0.0754 e. The van der Waals surface area contributed by atoms with Gasteiger partial charge in [-0.15, -0.1) is 0 Å². The molecule has 1 heterocycles. The molecule has 1 nitrogen and oxygen atoms in total. The average molecular weight is 131 g/mol. The molecular weight excluding hydrogens is 118 g/mol. The minimum Gasteiger partial charge on any atom is -0.380 e. The molecule has 1 N–H and O–H groups in total. The van der Waals surface area contributed by atoms with E-state index in [0.29, 0.717) is 0 Å². The summed E-state index contributed by atoms with van der Waals surface area (Å²) in [7, 11) is 0. The fourth-order valence-electron chi connectivity index (χ4n) is 0.565. The van der Waals surface area contributed by atoms with Crippen molar-refractivity contribution in [2.24, 2.45) is 0 Å². The monoisotopic (exact) mass is 131 g/mol. The van der Waals surface area contributed by atoms with Crippen LogP contribution in [0.1, 0.15) is 26.7 Å². The highest BCUT2D eigenvalue weighted by atomic mass is 32.1. The van der Waals surface area contributed by atoms with Crippen molar-refractivity contribution in [2.45, 2.75) is 26.7 Å². The van der Waals surface area contributed by atoms with Gasteiger partial charge in [0.25, 0.3) is 0 Å². The molecule has 0 radical (unpaired) electrons. The summed E-state index contributed by atoms with van der Waals surface area (Å²) in [5.41, 5.74) is 0. The van der Waals surface area contributed by atoms with Crippen LogP contribution in [0, 0.1) is 0 Å². The number of nitrogens with one attached hydrogen (secondary N) is 1. The van der Waals surface area contributed by atoms with Crippen LogP contribution >= 0.6 is 12.2 Å². The molecule has 1 fully saturated rings. The zero-order chi connectivity index (χ0) is 6.41. The molecule has 1 saturated heterocycles. The maximum absolute atomic E-state index is 4.81. The highest BCUT2D eigenvalue weighted by Crippen LogP contribution is 1.96. The van der Waals surface area contributed by atoms with Crippen LogP contribution in [0.4, 0.5) is 0 Å². The Bertz CT molecular complexity index is 62.9. The van der Waals surface area contributed by atoms with Crippen molar-refractivity contribution in [1.82, 2.24) is 5.32 Å². The number of thiocarbonyl (C=S) groups is 1. The number of rotatable bonds is 0. The van der Waals surface area contributed by atoms with Crippen molar-refractivity contribution in [2.75, 3.05) is 6.54 Å². The Morgan fingerprint density at radius 3 is 2.25 bits per heavy atom. The van der Waals surface area contributed by atoms with Gasteiger partial charge in [-0.3, -0.25) is 0 Å². The Labute approximate surface area is 56.5 Å². The molecule has 0 aliphatic carbocycles. The van der Waals surface area contributed by atoms with Crippen molar-refractivity contribution in [3.8, 4) is 0 Å². The molecular formula is C6H13NS. The second-order valence-corrected chi connectivity index (χ2v) is 1.95. The maximum atomic E-state index is 4.81. The molecule has 0 aromatic rings. The molecule has 48 valence electrons. The molecule has 0 amide bonds. The first-order chi connectivity index (χ1) is 3.89. The quantitative estimate of drug-likeness (QED) is 0.502. The second kappa shape index (κ2) is 5.04. The van der Waals surface area contributed by atoms with Gasteiger partial charge < -0.3 is 5.32 Å². The summed E-state index contributed by atoms with van der Waals surface area (Å²) in [4.78, 5) is 1.04. The first-order valence-corrected chi connectivity index (χ1v) is 3.57. The van der Waals surface area contributed by atoms with E-state index in [1.165, 1.54) is 6.42 Å². The van der Waals surface area contributed by atoms with Gasteiger partial charge >= 0.3 is 0 Å². The SMILES string of the molecule is CC.S=C1CCCN1. The number of hydrogen-bond donors (Lipinski definition) is 1. The standard InChI is InChI=1S/C4H7NS.C2H6/c6-4-2-1-3-5-4;1-2/h1-3H2,(H,5,6);1-2H3. The Hall–Kier alpha value is -0.110. The molecule has 8 heavy (non-hydrogen) atoms. The fourth-order valence-corrected chi connectivity index (χ4v) is 0.812. The lowest BCUT2D eigenvalue weighted by atomic mass is 10.4. The van der Waals surface area contributed by atoms with Crippen LogP contribution in [0.15, 0.2) is 0 Å². The summed E-state index contributed by atoms with van der Waals surface area (Å²) in [5, 5.41) is 3.05. The summed E-state index contributed by atoms with van der Waals surface area (Å²) in [5.74, 6) is 0. The molecule has 0 unspecified atom stereocenters. The van der Waals surface area contributed by atoms with Crippen LogP contribution in [-0.4, -0.2) is 11.5 Å². The minimum absolute atomic E-state index is 1.04. The second-order valence-electron chi connectivity index (χ2n) is 1.45. The van der Waals surface area contributed by atoms with Crippen LogP contribution in [-0.2, 0) is 0 Å². The normalized spacial score (nSPS) is 16.5. The van der Waals surface area contributed by atoms with E-state index in [0.717, 1.165) is 18.0 Å². The summed E-state index contributed by atoms with van der Waals surface area (Å²) in [6.45, 7) is 5.10. The Morgan fingerprint density at radius 2 is 2.12 bits per heavy atom. The number of hydrogen-bond acceptors (Lipinski definition) is 1. The average Bonchev–Trinajstić information content (AvgIpc) is 2.24. The van der Waals surface area contributed by atoms with Gasteiger partial charge in [-0.25, -0.2) is 0 Å². The van der Waals surface area contributed by atoms with Crippen molar-refractivity contribution in [1.29, 1.82) is 0 Å². The summed E-state index contributed by atoms with van der Waals surface area (Å²) in [6.07, 6.45) is 2.34. The van der Waals surface area contributed by atoms with Crippen molar-refractivity contribution in [3.05, 3.63) is 0 Å². The lowest BCUT2D eigenvalue weighted by Gasteiger charge is -1.84. The van der Waals surface area contributed by atoms with E-state index in [9.17, 15) is 0 Å². The molecule has 1 aliphatic rings. The van der Waals surface area contributed by atoms with Gasteiger partial charge in [-0.2, -0.15) is 0 Å². The van der Waals surface area contributed by atoms with Gasteiger partial charge in [0.2, 0.25) is 0 Å². The van der Waals surface area contributed by atoms with Crippen LogP contribution in [0.5, 0.6) is 0 Å². The molecule has 0 saturated carbocycles. The van der Waals surface area contributed by atoms with Crippen LogP contribution in [0.25, 0.3) is 0 Å². The van der Waals surface area contributed by atoms with Crippen LogP contribution < -0.4 is 5.32 Å². The third kappa shape index (κ3) is 2.97. The predicted octanol–water partition coefficient (Wildman–Crippen LogP) is 1.72. The van der Waals surface area contributed by atoms with E-state index in [1.807, 2.05) is 13.8 Å². The van der Waals surface area contributed by atoms with Gasteiger partial charge in [0, 0.05) is 6.54 Å². The summed E-state index contributed by atoms with van der Waals surface area (Å²) < 4.78 is 0. The van der Waals surface area contributed by atoms with Gasteiger partial charge in [0.15, 0.2) is 0 Å². The van der Waals surface area contributed by atoms with Gasteiger partial charge in [-0.05, 0) is 12.8 Å². The Morgan fingerprint density at radius 1 is 1.50 bits per heavy atom. The van der Waals surface area contributed by atoms with E-state index in [2.05, 4.69) is 5.32 Å². The van der Waals surface area contributed by atoms with E-state index >= 15 is 0 Å². The molecule has 0 atom stereocenters. The molecule has 0 aromatic carbocycles. The highest BCUT2D eigenvalue weighted by Gasteiger charge is 2.01. The van der Waals surface area contributed by atoms with Crippen LogP contribution in [0.3, 0.4) is 0 Å². The fraction of sp³-hybridized carbons (Fsp3) is 0.833. The predicted molar refractivity (Wildman–Crippen MR) is 41.2 cm³/mol.